The number of hydrogen-bond acceptors (Lipinski definition) is 4. The fourth-order valence-electron chi connectivity index (χ4n) is 4.18. The summed E-state index contributed by atoms with van der Waals surface area (Å²) in [4.78, 5) is 13.4. The van der Waals surface area contributed by atoms with E-state index >= 15 is 0 Å². The summed E-state index contributed by atoms with van der Waals surface area (Å²) in [5.41, 5.74) is 1.76. The third-order valence-electron chi connectivity index (χ3n) is 5.48. The SMILES string of the molecule is [O-][n+]1cc(Cn2c(C3CCCC3)nc3nccnc32)c2ccc(F)c(F)c2c1. The van der Waals surface area contributed by atoms with Crippen molar-refractivity contribution in [2.75, 3.05) is 0 Å². The number of hydrogen-bond donors (Lipinski definition) is 0. The normalized spacial score (nSPS) is 15.1. The predicted molar refractivity (Wildman–Crippen MR) is 98.5 cm³/mol. The Morgan fingerprint density at radius 2 is 1.86 bits per heavy atom. The molecule has 8 heteroatoms. The highest BCUT2D eigenvalue weighted by Gasteiger charge is 2.25. The monoisotopic (exact) mass is 381 g/mol. The molecule has 0 atom stereocenters. The van der Waals surface area contributed by atoms with E-state index < -0.39 is 11.6 Å². The van der Waals surface area contributed by atoms with Gasteiger partial charge in [0.05, 0.1) is 11.9 Å². The fraction of sp³-hybridized carbons (Fsp3) is 0.300. The number of pyridine rings is 1. The maximum Gasteiger partial charge on any atom is 0.197 e. The minimum Gasteiger partial charge on any atom is -0.619 e. The van der Waals surface area contributed by atoms with Gasteiger partial charge in [0.15, 0.2) is 35.3 Å². The van der Waals surface area contributed by atoms with Crippen LogP contribution in [0.2, 0.25) is 0 Å². The molecule has 5 rings (SSSR count). The van der Waals surface area contributed by atoms with Crippen LogP contribution in [0.4, 0.5) is 8.78 Å². The third-order valence-corrected chi connectivity index (χ3v) is 5.48. The van der Waals surface area contributed by atoms with Crippen LogP contribution in [0.15, 0.2) is 36.9 Å². The van der Waals surface area contributed by atoms with Crippen LogP contribution in [0.1, 0.15) is 43.0 Å². The van der Waals surface area contributed by atoms with E-state index in [-0.39, 0.29) is 11.9 Å². The van der Waals surface area contributed by atoms with Gasteiger partial charge in [0.2, 0.25) is 0 Å². The Bertz CT molecular complexity index is 1200. The molecule has 0 radical (unpaired) electrons. The molecule has 0 unspecified atom stereocenters. The quantitative estimate of drug-likeness (QED) is 0.402. The van der Waals surface area contributed by atoms with Crippen LogP contribution in [0, 0.1) is 16.8 Å². The zero-order valence-corrected chi connectivity index (χ0v) is 15.0. The molecule has 4 aromatic rings. The maximum atomic E-state index is 14.2. The van der Waals surface area contributed by atoms with Gasteiger partial charge < -0.3 is 9.77 Å². The van der Waals surface area contributed by atoms with Crippen LogP contribution < -0.4 is 4.73 Å². The Morgan fingerprint density at radius 1 is 1.07 bits per heavy atom. The van der Waals surface area contributed by atoms with Gasteiger partial charge in [-0.3, -0.25) is 0 Å². The largest absolute Gasteiger partial charge is 0.619 e. The summed E-state index contributed by atoms with van der Waals surface area (Å²) in [6, 6.07) is 2.59. The molecule has 1 aliphatic carbocycles. The Morgan fingerprint density at radius 3 is 2.68 bits per heavy atom. The van der Waals surface area contributed by atoms with Crippen LogP contribution in [-0.2, 0) is 6.54 Å². The second kappa shape index (κ2) is 6.47. The smallest absolute Gasteiger partial charge is 0.197 e. The van der Waals surface area contributed by atoms with Crippen molar-refractivity contribution in [2.24, 2.45) is 0 Å². The number of aromatic nitrogens is 5. The van der Waals surface area contributed by atoms with E-state index in [0.717, 1.165) is 43.8 Å². The van der Waals surface area contributed by atoms with Crippen molar-refractivity contribution in [2.45, 2.75) is 38.1 Å². The molecule has 3 aromatic heterocycles. The summed E-state index contributed by atoms with van der Waals surface area (Å²) in [6.45, 7) is 0.283. The lowest BCUT2D eigenvalue weighted by Crippen LogP contribution is -2.26. The van der Waals surface area contributed by atoms with Crippen molar-refractivity contribution >= 4 is 22.1 Å². The summed E-state index contributed by atoms with van der Waals surface area (Å²) in [6.07, 6.45) is 10.0. The molecule has 142 valence electrons. The summed E-state index contributed by atoms with van der Waals surface area (Å²) in [7, 11) is 0. The first kappa shape index (κ1) is 17.0. The molecule has 0 N–H and O–H groups in total. The van der Waals surface area contributed by atoms with E-state index in [9.17, 15) is 14.0 Å². The van der Waals surface area contributed by atoms with Crippen molar-refractivity contribution in [1.82, 2.24) is 19.5 Å². The highest BCUT2D eigenvalue weighted by atomic mass is 19.2. The van der Waals surface area contributed by atoms with Crippen LogP contribution in [0.25, 0.3) is 22.1 Å². The summed E-state index contributed by atoms with van der Waals surface area (Å²) in [5, 5.41) is 12.5. The van der Waals surface area contributed by atoms with Gasteiger partial charge in [-0.05, 0) is 18.9 Å². The van der Waals surface area contributed by atoms with Crippen molar-refractivity contribution in [1.29, 1.82) is 0 Å². The zero-order chi connectivity index (χ0) is 19.3. The Balaban J connectivity index is 1.70. The average Bonchev–Trinajstić information content (AvgIpc) is 3.33. The number of benzene rings is 1. The lowest BCUT2D eigenvalue weighted by atomic mass is 10.1. The second-order valence-electron chi connectivity index (χ2n) is 7.21. The zero-order valence-electron chi connectivity index (χ0n) is 15.0. The minimum absolute atomic E-state index is 0.0366. The number of rotatable bonds is 3. The second-order valence-corrected chi connectivity index (χ2v) is 7.21. The molecular weight excluding hydrogens is 364 g/mol. The van der Waals surface area contributed by atoms with Gasteiger partial charge in [-0.15, -0.1) is 0 Å². The molecular formula is C20H17F2N5O. The average molecular weight is 381 g/mol. The predicted octanol–water partition coefficient (Wildman–Crippen LogP) is 3.60. The van der Waals surface area contributed by atoms with Crippen molar-refractivity contribution < 1.29 is 13.5 Å². The Kier molecular flexibility index (Phi) is 3.92. The number of nitrogens with zero attached hydrogens (tertiary/aromatic N) is 5. The summed E-state index contributed by atoms with van der Waals surface area (Å²) in [5.74, 6) is -0.805. The van der Waals surface area contributed by atoms with E-state index in [2.05, 4.69) is 9.97 Å². The van der Waals surface area contributed by atoms with E-state index in [0.29, 0.717) is 32.9 Å². The molecule has 0 aliphatic heterocycles. The highest BCUT2D eigenvalue weighted by Crippen LogP contribution is 2.35. The van der Waals surface area contributed by atoms with Gasteiger partial charge in [-0.1, -0.05) is 18.9 Å². The lowest BCUT2D eigenvalue weighted by molar-refractivity contribution is -0.604. The van der Waals surface area contributed by atoms with Gasteiger partial charge in [0, 0.05) is 29.3 Å². The molecule has 1 fully saturated rings. The van der Waals surface area contributed by atoms with Gasteiger partial charge in [-0.25, -0.2) is 23.7 Å². The fourth-order valence-corrected chi connectivity index (χ4v) is 4.18. The molecule has 0 bridgehead atoms. The standard InChI is InChI=1S/C20H17F2N5O/c21-16-6-5-14-13(9-26(28)11-15(14)17(16)22)10-27-19(12-3-1-2-4-12)25-18-20(27)24-8-7-23-18/h5-9,11-12H,1-4,10H2. The summed E-state index contributed by atoms with van der Waals surface area (Å²) < 4.78 is 30.4. The first-order valence-electron chi connectivity index (χ1n) is 9.28. The topological polar surface area (TPSA) is 70.5 Å². The minimum atomic E-state index is -1.02. The number of fused-ring (bicyclic) bond motifs is 2. The Labute approximate surface area is 159 Å². The molecule has 1 saturated carbocycles. The number of halogens is 2. The van der Waals surface area contributed by atoms with Crippen LogP contribution in [0.5, 0.6) is 0 Å². The maximum absolute atomic E-state index is 14.2. The van der Waals surface area contributed by atoms with Crippen molar-refractivity contribution in [3.8, 4) is 0 Å². The first-order valence-corrected chi connectivity index (χ1v) is 9.28. The molecule has 28 heavy (non-hydrogen) atoms. The van der Waals surface area contributed by atoms with Crippen molar-refractivity contribution in [3.63, 3.8) is 0 Å². The number of imidazole rings is 1. The van der Waals surface area contributed by atoms with Crippen molar-refractivity contribution in [3.05, 3.63) is 65.1 Å². The van der Waals surface area contributed by atoms with Gasteiger partial charge >= 0.3 is 0 Å². The van der Waals surface area contributed by atoms with E-state index in [1.54, 1.807) is 12.4 Å². The molecule has 6 nitrogen and oxygen atoms in total. The van der Waals surface area contributed by atoms with Gasteiger partial charge in [0.25, 0.3) is 0 Å². The van der Waals surface area contributed by atoms with E-state index in [1.165, 1.54) is 12.3 Å². The first-order chi connectivity index (χ1) is 13.6. The molecule has 0 amide bonds. The summed E-state index contributed by atoms with van der Waals surface area (Å²) >= 11 is 0. The highest BCUT2D eigenvalue weighted by molar-refractivity contribution is 5.85. The van der Waals surface area contributed by atoms with Crippen LogP contribution in [0.3, 0.4) is 0 Å². The molecule has 3 heterocycles. The van der Waals surface area contributed by atoms with Gasteiger partial charge in [0.1, 0.15) is 5.82 Å². The van der Waals surface area contributed by atoms with E-state index in [4.69, 9.17) is 4.98 Å². The molecule has 1 aliphatic rings. The third kappa shape index (κ3) is 2.67. The Hall–Kier alpha value is -3.16. The molecule has 1 aromatic carbocycles. The van der Waals surface area contributed by atoms with E-state index in [1.807, 2.05) is 4.57 Å². The molecule has 0 spiro atoms. The molecule has 0 saturated heterocycles. The van der Waals surface area contributed by atoms with Crippen LogP contribution >= 0.6 is 0 Å². The lowest BCUT2D eigenvalue weighted by Gasteiger charge is -2.14. The van der Waals surface area contributed by atoms with Crippen LogP contribution in [-0.4, -0.2) is 19.5 Å². The van der Waals surface area contributed by atoms with Gasteiger partial charge in [-0.2, -0.15) is 4.73 Å².